The largest absolute Gasteiger partial charge is 0.497 e. The number of hydrogen-bond donors (Lipinski definition) is 1. The minimum absolute atomic E-state index is 0.196. The monoisotopic (exact) mass is 446 g/mol. The van der Waals surface area contributed by atoms with Gasteiger partial charge >= 0.3 is 0 Å². The fraction of sp³-hybridized carbons (Fsp3) is 0.240. The molecule has 0 aliphatic carbocycles. The van der Waals surface area contributed by atoms with Crippen molar-refractivity contribution in [2.75, 3.05) is 13.7 Å². The number of aryl methyl sites for hydroxylation is 1. The lowest BCUT2D eigenvalue weighted by Crippen LogP contribution is -2.45. The van der Waals surface area contributed by atoms with Gasteiger partial charge in [-0.15, -0.1) is 6.58 Å². The van der Waals surface area contributed by atoms with Crippen molar-refractivity contribution in [1.82, 2.24) is 20.4 Å². The van der Waals surface area contributed by atoms with E-state index in [2.05, 4.69) is 48.2 Å². The first-order valence-electron chi connectivity index (χ1n) is 10.5. The second kappa shape index (κ2) is 9.36. The van der Waals surface area contributed by atoms with Crippen LogP contribution in [0.1, 0.15) is 36.9 Å². The molecule has 2 aromatic carbocycles. The number of thiocarbonyl (C=S) groups is 1. The SMILES string of the molecule is C=CCN1C(=S)NC(c2ccc(CC)cc2)C(c2nc(-c3ccc(OC)cc3)no2)=C1C. The van der Waals surface area contributed by atoms with Crippen LogP contribution in [0.5, 0.6) is 5.75 Å². The molecule has 1 N–H and O–H groups in total. The highest BCUT2D eigenvalue weighted by molar-refractivity contribution is 7.80. The van der Waals surface area contributed by atoms with Crippen LogP contribution in [-0.4, -0.2) is 33.8 Å². The van der Waals surface area contributed by atoms with Gasteiger partial charge in [0.15, 0.2) is 5.11 Å². The van der Waals surface area contributed by atoms with Crippen molar-refractivity contribution in [2.24, 2.45) is 0 Å². The summed E-state index contributed by atoms with van der Waals surface area (Å²) >= 11 is 5.66. The summed E-state index contributed by atoms with van der Waals surface area (Å²) in [5.74, 6) is 1.75. The third-order valence-electron chi connectivity index (χ3n) is 5.63. The first-order chi connectivity index (χ1) is 15.5. The van der Waals surface area contributed by atoms with E-state index in [4.69, 9.17) is 26.5 Å². The van der Waals surface area contributed by atoms with Crippen molar-refractivity contribution in [2.45, 2.75) is 26.3 Å². The molecule has 164 valence electrons. The molecule has 6 nitrogen and oxygen atoms in total. The number of benzene rings is 2. The highest BCUT2D eigenvalue weighted by Gasteiger charge is 2.33. The predicted molar refractivity (Wildman–Crippen MR) is 130 cm³/mol. The van der Waals surface area contributed by atoms with Gasteiger partial charge in [0.2, 0.25) is 5.82 Å². The molecule has 1 aromatic heterocycles. The van der Waals surface area contributed by atoms with Crippen LogP contribution in [0.3, 0.4) is 0 Å². The Morgan fingerprint density at radius 1 is 1.19 bits per heavy atom. The number of aromatic nitrogens is 2. The molecule has 32 heavy (non-hydrogen) atoms. The Bertz CT molecular complexity index is 1150. The minimum Gasteiger partial charge on any atom is -0.497 e. The van der Waals surface area contributed by atoms with Crippen molar-refractivity contribution in [3.63, 3.8) is 0 Å². The van der Waals surface area contributed by atoms with Gasteiger partial charge in [-0.25, -0.2) is 0 Å². The third kappa shape index (κ3) is 4.16. The zero-order valence-corrected chi connectivity index (χ0v) is 19.3. The molecule has 7 heteroatoms. The summed E-state index contributed by atoms with van der Waals surface area (Å²) in [4.78, 5) is 6.72. The Balaban J connectivity index is 1.77. The highest BCUT2D eigenvalue weighted by Crippen LogP contribution is 2.37. The summed E-state index contributed by atoms with van der Waals surface area (Å²) in [5, 5.41) is 8.34. The smallest absolute Gasteiger partial charge is 0.258 e. The molecule has 4 rings (SSSR count). The number of nitrogens with zero attached hydrogens (tertiary/aromatic N) is 3. The molecule has 0 fully saturated rings. The van der Waals surface area contributed by atoms with Gasteiger partial charge in [-0.3, -0.25) is 0 Å². The molecule has 1 unspecified atom stereocenters. The number of ether oxygens (including phenoxy) is 1. The first-order valence-corrected chi connectivity index (χ1v) is 10.9. The van der Waals surface area contributed by atoms with E-state index >= 15 is 0 Å². The predicted octanol–water partition coefficient (Wildman–Crippen LogP) is 5.16. The summed E-state index contributed by atoms with van der Waals surface area (Å²) < 4.78 is 11.0. The number of hydrogen-bond acceptors (Lipinski definition) is 5. The van der Waals surface area contributed by atoms with Crippen LogP contribution in [0, 0.1) is 0 Å². The average Bonchev–Trinajstić information content (AvgIpc) is 3.31. The van der Waals surface area contributed by atoms with Gasteiger partial charge in [-0.05, 0) is 61.0 Å². The average molecular weight is 447 g/mol. The first kappa shape index (κ1) is 21.8. The maximum atomic E-state index is 5.76. The van der Waals surface area contributed by atoms with Crippen LogP contribution in [0.2, 0.25) is 0 Å². The molecule has 0 saturated heterocycles. The van der Waals surface area contributed by atoms with Gasteiger partial charge in [-0.1, -0.05) is 42.4 Å². The van der Waals surface area contributed by atoms with E-state index in [1.807, 2.05) is 42.2 Å². The zero-order valence-electron chi connectivity index (χ0n) is 18.5. The lowest BCUT2D eigenvalue weighted by Gasteiger charge is -2.36. The Morgan fingerprint density at radius 3 is 2.53 bits per heavy atom. The molecule has 0 bridgehead atoms. The maximum absolute atomic E-state index is 5.76. The fourth-order valence-electron chi connectivity index (χ4n) is 3.79. The van der Waals surface area contributed by atoms with E-state index in [1.54, 1.807) is 7.11 Å². The topological polar surface area (TPSA) is 63.4 Å². The molecular formula is C25H26N4O2S. The molecule has 1 atom stereocenters. The molecule has 1 aliphatic rings. The maximum Gasteiger partial charge on any atom is 0.258 e. The van der Waals surface area contributed by atoms with E-state index in [1.165, 1.54) is 5.56 Å². The van der Waals surface area contributed by atoms with Gasteiger partial charge < -0.3 is 19.5 Å². The lowest BCUT2D eigenvalue weighted by atomic mass is 9.94. The van der Waals surface area contributed by atoms with Crippen molar-refractivity contribution < 1.29 is 9.26 Å². The van der Waals surface area contributed by atoms with Gasteiger partial charge in [-0.2, -0.15) is 4.98 Å². The summed E-state index contributed by atoms with van der Waals surface area (Å²) in [7, 11) is 1.64. The Morgan fingerprint density at radius 2 is 1.91 bits per heavy atom. The number of nitrogens with one attached hydrogen (secondary N) is 1. The summed E-state index contributed by atoms with van der Waals surface area (Å²) in [6.07, 6.45) is 2.81. The summed E-state index contributed by atoms with van der Waals surface area (Å²) in [5.41, 5.74) is 5.08. The highest BCUT2D eigenvalue weighted by atomic mass is 32.1. The number of rotatable bonds is 7. The summed E-state index contributed by atoms with van der Waals surface area (Å²) in [6.45, 7) is 8.62. The third-order valence-corrected chi connectivity index (χ3v) is 5.97. The van der Waals surface area contributed by atoms with Crippen LogP contribution in [0.25, 0.3) is 17.0 Å². The molecule has 0 saturated carbocycles. The standard InChI is InChI=1S/C25H26N4O2S/c1-5-15-29-16(3)21(22(26-25(29)32)18-9-7-17(6-2)8-10-18)24-27-23(28-31-24)19-11-13-20(30-4)14-12-19/h5,7-14,22H,1,6,15H2,2-4H3,(H,26,32). The van der Waals surface area contributed by atoms with Crippen molar-refractivity contribution in [3.8, 4) is 17.1 Å². The van der Waals surface area contributed by atoms with Crippen LogP contribution in [-0.2, 0) is 6.42 Å². The van der Waals surface area contributed by atoms with Crippen LogP contribution < -0.4 is 10.1 Å². The molecule has 2 heterocycles. The Kier molecular flexibility index (Phi) is 6.37. The zero-order chi connectivity index (χ0) is 22.7. The number of allylic oxidation sites excluding steroid dienone is 1. The van der Waals surface area contributed by atoms with Crippen LogP contribution >= 0.6 is 12.2 Å². The van der Waals surface area contributed by atoms with Gasteiger partial charge in [0.1, 0.15) is 5.75 Å². The molecular weight excluding hydrogens is 420 g/mol. The van der Waals surface area contributed by atoms with Crippen LogP contribution in [0.4, 0.5) is 0 Å². The quantitative estimate of drug-likeness (QED) is 0.397. The van der Waals surface area contributed by atoms with Crippen molar-refractivity contribution >= 4 is 22.9 Å². The van der Waals surface area contributed by atoms with Gasteiger partial charge in [0.05, 0.1) is 18.7 Å². The van der Waals surface area contributed by atoms with E-state index in [0.717, 1.165) is 34.6 Å². The van der Waals surface area contributed by atoms with Crippen LogP contribution in [0.15, 0.2) is 71.4 Å². The second-order valence-electron chi connectivity index (χ2n) is 7.53. The van der Waals surface area contributed by atoms with Crippen molar-refractivity contribution in [1.29, 1.82) is 0 Å². The normalized spacial score (nSPS) is 16.2. The molecule has 0 spiro atoms. The van der Waals surface area contributed by atoms with E-state index in [0.29, 0.717) is 23.4 Å². The molecule has 1 aliphatic heterocycles. The number of methoxy groups -OCH3 is 1. The second-order valence-corrected chi connectivity index (χ2v) is 7.91. The van der Waals surface area contributed by atoms with E-state index < -0.39 is 0 Å². The van der Waals surface area contributed by atoms with Gasteiger partial charge in [0, 0.05) is 17.8 Å². The van der Waals surface area contributed by atoms with E-state index in [9.17, 15) is 0 Å². The Labute approximate surface area is 193 Å². The molecule has 0 radical (unpaired) electrons. The van der Waals surface area contributed by atoms with Crippen molar-refractivity contribution in [3.05, 3.63) is 83.9 Å². The Hall–Kier alpha value is -3.45. The fourth-order valence-corrected chi connectivity index (χ4v) is 4.12. The minimum atomic E-state index is -0.196. The summed E-state index contributed by atoms with van der Waals surface area (Å²) in [6, 6.07) is 15.9. The van der Waals surface area contributed by atoms with Gasteiger partial charge in [0.25, 0.3) is 5.89 Å². The van der Waals surface area contributed by atoms with E-state index in [-0.39, 0.29) is 6.04 Å². The lowest BCUT2D eigenvalue weighted by molar-refractivity contribution is 0.399. The molecule has 3 aromatic rings. The molecule has 0 amide bonds.